The molecule has 1 N–H and O–H groups in total. The first kappa shape index (κ1) is 19.2. The first-order valence-corrected chi connectivity index (χ1v) is 11.3. The summed E-state index contributed by atoms with van der Waals surface area (Å²) < 4.78 is 32.5. The van der Waals surface area contributed by atoms with E-state index in [2.05, 4.69) is 4.72 Å². The molecule has 2 saturated heterocycles. The molecule has 3 atom stereocenters. The molecule has 0 aromatic heterocycles. The van der Waals surface area contributed by atoms with Gasteiger partial charge in [0.15, 0.2) is 0 Å². The molecule has 1 aromatic carbocycles. The third kappa shape index (κ3) is 4.21. The number of fused-ring (bicyclic) bond motifs is 1. The molecule has 2 heterocycles. The Morgan fingerprint density at radius 2 is 2.04 bits per heavy atom. The summed E-state index contributed by atoms with van der Waals surface area (Å²) in [6.07, 6.45) is 1.07. The lowest BCUT2D eigenvalue weighted by Gasteiger charge is -2.36. The Hall–Kier alpha value is -1.58. The van der Waals surface area contributed by atoms with Gasteiger partial charge in [0.05, 0.1) is 17.7 Å². The van der Waals surface area contributed by atoms with Gasteiger partial charge in [-0.25, -0.2) is 17.9 Å². The van der Waals surface area contributed by atoms with E-state index in [1.54, 1.807) is 43.0 Å². The topological polar surface area (TPSA) is 92.8 Å². The number of carbonyl (C=O) groups excluding carboxylic acids is 2. The minimum Gasteiger partial charge on any atom is -0.464 e. The van der Waals surface area contributed by atoms with Gasteiger partial charge in [-0.05, 0) is 25.3 Å². The Kier molecular flexibility index (Phi) is 5.89. The van der Waals surface area contributed by atoms with E-state index in [1.165, 1.54) is 4.90 Å². The molecule has 3 rings (SSSR count). The maximum Gasteiger partial charge on any atom is 0.329 e. The van der Waals surface area contributed by atoms with Crippen LogP contribution in [0.4, 0.5) is 0 Å². The summed E-state index contributed by atoms with van der Waals surface area (Å²) in [4.78, 5) is 26.4. The number of esters is 1. The van der Waals surface area contributed by atoms with E-state index in [0.29, 0.717) is 24.2 Å². The molecule has 9 heteroatoms. The van der Waals surface area contributed by atoms with E-state index in [1.807, 2.05) is 6.07 Å². The number of nitrogens with zero attached hydrogens (tertiary/aromatic N) is 1. The molecule has 1 amide bonds. The van der Waals surface area contributed by atoms with E-state index in [0.717, 1.165) is 0 Å². The summed E-state index contributed by atoms with van der Waals surface area (Å²) in [7, 11) is -3.66. The summed E-state index contributed by atoms with van der Waals surface area (Å²) >= 11 is 1.54. The van der Waals surface area contributed by atoms with Gasteiger partial charge < -0.3 is 9.64 Å². The Bertz CT molecular complexity index is 769. The molecule has 142 valence electrons. The van der Waals surface area contributed by atoms with Crippen molar-refractivity contribution >= 4 is 33.7 Å². The summed E-state index contributed by atoms with van der Waals surface area (Å²) in [5.74, 6) is -0.472. The van der Waals surface area contributed by atoms with E-state index in [-0.39, 0.29) is 23.6 Å². The van der Waals surface area contributed by atoms with Crippen LogP contribution in [0.2, 0.25) is 0 Å². The highest BCUT2D eigenvalue weighted by molar-refractivity contribution is 8.00. The Balaban J connectivity index is 1.69. The molecular formula is C17H22N2O5S2. The van der Waals surface area contributed by atoms with Gasteiger partial charge in [-0.3, -0.25) is 4.79 Å². The van der Waals surface area contributed by atoms with Crippen LogP contribution in [0.3, 0.4) is 0 Å². The zero-order valence-electron chi connectivity index (χ0n) is 14.5. The predicted molar refractivity (Wildman–Crippen MR) is 98.7 cm³/mol. The van der Waals surface area contributed by atoms with Crippen molar-refractivity contribution in [1.82, 2.24) is 9.62 Å². The fraction of sp³-hybridized carbons (Fsp3) is 0.529. The molecule has 0 bridgehead atoms. The Morgan fingerprint density at radius 3 is 2.73 bits per heavy atom. The smallest absolute Gasteiger partial charge is 0.329 e. The van der Waals surface area contributed by atoms with E-state index >= 15 is 0 Å². The quantitative estimate of drug-likeness (QED) is 0.722. The van der Waals surface area contributed by atoms with E-state index < -0.39 is 28.1 Å². The summed E-state index contributed by atoms with van der Waals surface area (Å²) in [6.45, 7) is 1.97. The first-order chi connectivity index (χ1) is 12.4. The number of amides is 1. The predicted octanol–water partition coefficient (Wildman–Crippen LogP) is 1.10. The summed E-state index contributed by atoms with van der Waals surface area (Å²) in [5.41, 5.74) is 0.655. The third-order valence-corrected chi connectivity index (χ3v) is 7.14. The van der Waals surface area contributed by atoms with Crippen LogP contribution >= 0.6 is 11.8 Å². The van der Waals surface area contributed by atoms with Gasteiger partial charge in [-0.15, -0.1) is 11.8 Å². The molecule has 26 heavy (non-hydrogen) atoms. The molecule has 1 aromatic rings. The maximum atomic E-state index is 12.8. The molecule has 2 aliphatic heterocycles. The van der Waals surface area contributed by atoms with Crippen LogP contribution in [0.25, 0.3) is 0 Å². The number of hydrogen-bond donors (Lipinski definition) is 1. The van der Waals surface area contributed by atoms with Crippen molar-refractivity contribution in [3.63, 3.8) is 0 Å². The largest absolute Gasteiger partial charge is 0.464 e. The second kappa shape index (κ2) is 7.98. The number of carbonyl (C=O) groups is 2. The highest BCUT2D eigenvalue weighted by Crippen LogP contribution is 2.37. The second-order valence-electron chi connectivity index (χ2n) is 6.29. The first-order valence-electron chi connectivity index (χ1n) is 8.55. The summed E-state index contributed by atoms with van der Waals surface area (Å²) in [6, 6.07) is 7.33. The van der Waals surface area contributed by atoms with Gasteiger partial charge in [0.1, 0.15) is 12.1 Å². The monoisotopic (exact) mass is 398 g/mol. The normalized spacial score (nSPS) is 25.8. The highest BCUT2D eigenvalue weighted by Gasteiger charge is 2.47. The zero-order chi connectivity index (χ0) is 18.7. The van der Waals surface area contributed by atoms with Gasteiger partial charge in [0, 0.05) is 5.75 Å². The van der Waals surface area contributed by atoms with Gasteiger partial charge in [0.2, 0.25) is 15.9 Å². The van der Waals surface area contributed by atoms with Gasteiger partial charge in [-0.1, -0.05) is 30.3 Å². The van der Waals surface area contributed by atoms with Crippen LogP contribution in [-0.2, 0) is 30.1 Å². The molecule has 2 aliphatic rings. The van der Waals surface area contributed by atoms with Crippen molar-refractivity contribution < 1.29 is 22.7 Å². The van der Waals surface area contributed by atoms with Crippen LogP contribution in [-0.4, -0.2) is 55.0 Å². The van der Waals surface area contributed by atoms with E-state index in [4.69, 9.17) is 4.74 Å². The number of nitrogens with one attached hydrogen (secondary N) is 1. The molecule has 0 spiro atoms. The number of rotatable bonds is 6. The summed E-state index contributed by atoms with van der Waals surface area (Å²) in [5, 5.41) is -0.0909. The van der Waals surface area contributed by atoms with Crippen LogP contribution in [0.15, 0.2) is 30.3 Å². The lowest BCUT2D eigenvalue weighted by molar-refractivity contribution is -0.155. The van der Waals surface area contributed by atoms with Gasteiger partial charge in [-0.2, -0.15) is 0 Å². The lowest BCUT2D eigenvalue weighted by atomic mass is 10.0. The molecule has 0 unspecified atom stereocenters. The van der Waals surface area contributed by atoms with Crippen molar-refractivity contribution in [2.75, 3.05) is 12.4 Å². The standard InChI is InChI=1S/C17H22N2O5S2/c1-2-24-17(21)14-10-25-15-9-8-13(16(20)19(14)15)18-26(22,23)11-12-6-4-3-5-7-12/h3-7,13-15,18H,2,8-11H2,1H3/t13-,14+,15+/m1/s1. The average molecular weight is 399 g/mol. The zero-order valence-corrected chi connectivity index (χ0v) is 16.1. The van der Waals surface area contributed by atoms with E-state index in [9.17, 15) is 18.0 Å². The highest BCUT2D eigenvalue weighted by atomic mass is 32.2. The van der Waals surface area contributed by atoms with Crippen molar-refractivity contribution in [3.05, 3.63) is 35.9 Å². The number of thioether (sulfide) groups is 1. The molecule has 0 saturated carbocycles. The molecule has 2 fully saturated rings. The van der Waals surface area contributed by atoms with Crippen molar-refractivity contribution in [2.24, 2.45) is 0 Å². The second-order valence-corrected chi connectivity index (χ2v) is 9.26. The van der Waals surface area contributed by atoms with Gasteiger partial charge in [0.25, 0.3) is 0 Å². The number of piperidine rings is 1. The number of ether oxygens (including phenoxy) is 1. The van der Waals surface area contributed by atoms with Crippen molar-refractivity contribution in [2.45, 2.75) is 43.0 Å². The molecule has 0 radical (unpaired) electrons. The van der Waals surface area contributed by atoms with Crippen molar-refractivity contribution in [3.8, 4) is 0 Å². The van der Waals surface area contributed by atoms with Crippen LogP contribution in [0, 0.1) is 0 Å². The van der Waals surface area contributed by atoms with Gasteiger partial charge >= 0.3 is 5.97 Å². The number of hydrogen-bond acceptors (Lipinski definition) is 6. The lowest BCUT2D eigenvalue weighted by Crippen LogP contribution is -2.57. The third-order valence-electron chi connectivity index (χ3n) is 4.43. The molecule has 7 nitrogen and oxygen atoms in total. The SMILES string of the molecule is CCOC(=O)[C@@H]1CS[C@H]2CC[C@@H](NS(=O)(=O)Cc3ccccc3)C(=O)N21. The number of benzene rings is 1. The minimum absolute atomic E-state index is 0.0909. The average Bonchev–Trinajstić information content (AvgIpc) is 3.03. The fourth-order valence-electron chi connectivity index (χ4n) is 3.28. The van der Waals surface area contributed by atoms with Crippen molar-refractivity contribution in [1.29, 1.82) is 0 Å². The fourth-order valence-corrected chi connectivity index (χ4v) is 6.06. The minimum atomic E-state index is -3.66. The Morgan fingerprint density at radius 1 is 1.31 bits per heavy atom. The number of sulfonamides is 1. The van der Waals surface area contributed by atoms with Crippen LogP contribution in [0.5, 0.6) is 0 Å². The molecule has 0 aliphatic carbocycles. The van der Waals surface area contributed by atoms with Crippen LogP contribution < -0.4 is 4.72 Å². The maximum absolute atomic E-state index is 12.8. The van der Waals surface area contributed by atoms with Crippen LogP contribution in [0.1, 0.15) is 25.3 Å². The Labute approximate surface area is 157 Å². The molecular weight excluding hydrogens is 376 g/mol.